The molecule has 5 heteroatoms. The van der Waals surface area contributed by atoms with Gasteiger partial charge in [0.05, 0.1) is 11.2 Å². The van der Waals surface area contributed by atoms with Crippen LogP contribution in [0.25, 0.3) is 0 Å². The van der Waals surface area contributed by atoms with Crippen LogP contribution in [0.3, 0.4) is 0 Å². The summed E-state index contributed by atoms with van der Waals surface area (Å²) >= 11 is 1.52. The van der Waals surface area contributed by atoms with E-state index in [4.69, 9.17) is 0 Å². The number of piperidine rings is 1. The van der Waals surface area contributed by atoms with Gasteiger partial charge in [0.2, 0.25) is 5.91 Å². The molecule has 1 aromatic rings. The second-order valence-electron chi connectivity index (χ2n) is 5.84. The average molecular weight is 307 g/mol. The Morgan fingerprint density at radius 1 is 1.38 bits per heavy atom. The van der Waals surface area contributed by atoms with Crippen molar-refractivity contribution in [1.29, 1.82) is 0 Å². The van der Waals surface area contributed by atoms with Crippen LogP contribution in [0.2, 0.25) is 0 Å². The van der Waals surface area contributed by atoms with Crippen molar-refractivity contribution >= 4 is 23.6 Å². The first-order valence-electron chi connectivity index (χ1n) is 7.12. The molecule has 1 unspecified atom stereocenters. The number of benzene rings is 1. The number of carbonyl (C=O) groups excluding carboxylic acids is 1. The monoisotopic (exact) mass is 307 g/mol. The topological polar surface area (TPSA) is 57.6 Å². The molecule has 1 atom stereocenters. The molecule has 0 spiro atoms. The maximum atomic E-state index is 12.3. The number of carboxylic acids is 1. The lowest BCUT2D eigenvalue weighted by Gasteiger charge is -2.37. The van der Waals surface area contributed by atoms with E-state index in [0.717, 1.165) is 16.9 Å². The van der Waals surface area contributed by atoms with Crippen LogP contribution in [0.15, 0.2) is 29.2 Å². The third-order valence-electron chi connectivity index (χ3n) is 4.01. The molecule has 0 saturated carbocycles. The lowest BCUT2D eigenvalue weighted by Crippen LogP contribution is -2.48. The van der Waals surface area contributed by atoms with Crippen molar-refractivity contribution in [1.82, 2.24) is 4.90 Å². The molecule has 114 valence electrons. The molecule has 1 aliphatic heterocycles. The number of amides is 1. The molecular weight excluding hydrogens is 286 g/mol. The van der Waals surface area contributed by atoms with Crippen LogP contribution < -0.4 is 0 Å². The Hall–Kier alpha value is -1.49. The van der Waals surface area contributed by atoms with Crippen LogP contribution >= 0.6 is 11.8 Å². The summed E-state index contributed by atoms with van der Waals surface area (Å²) in [7, 11) is 0. The van der Waals surface area contributed by atoms with Gasteiger partial charge >= 0.3 is 5.97 Å². The number of aliphatic carboxylic acids is 1. The highest BCUT2D eigenvalue weighted by atomic mass is 32.2. The smallest absolute Gasteiger partial charge is 0.311 e. The number of thioether (sulfide) groups is 1. The summed E-state index contributed by atoms with van der Waals surface area (Å²) in [5.74, 6) is -0.428. The molecule has 1 aromatic carbocycles. The first-order valence-corrected chi connectivity index (χ1v) is 8.10. The zero-order valence-electron chi connectivity index (χ0n) is 12.5. The van der Waals surface area contributed by atoms with Crippen molar-refractivity contribution in [3.8, 4) is 0 Å². The highest BCUT2D eigenvalue weighted by Crippen LogP contribution is 2.30. The number of rotatable bonds is 4. The molecule has 1 N–H and O–H groups in total. The number of hydrogen-bond acceptors (Lipinski definition) is 3. The Labute approximate surface area is 129 Å². The van der Waals surface area contributed by atoms with Gasteiger partial charge in [-0.1, -0.05) is 18.2 Å². The molecule has 1 heterocycles. The Balaban J connectivity index is 1.94. The van der Waals surface area contributed by atoms with Crippen molar-refractivity contribution in [2.45, 2.75) is 31.6 Å². The first kappa shape index (κ1) is 15.9. The molecule has 2 rings (SSSR count). The number of nitrogens with zero attached hydrogens (tertiary/aromatic N) is 1. The van der Waals surface area contributed by atoms with E-state index < -0.39 is 11.4 Å². The van der Waals surface area contributed by atoms with E-state index in [1.54, 1.807) is 11.8 Å². The number of carbonyl (C=O) groups is 2. The van der Waals surface area contributed by atoms with Crippen molar-refractivity contribution in [2.75, 3.05) is 18.8 Å². The molecule has 1 saturated heterocycles. The Morgan fingerprint density at radius 3 is 2.76 bits per heavy atom. The Bertz CT molecular complexity index is 546. The van der Waals surface area contributed by atoms with Gasteiger partial charge in [0.1, 0.15) is 0 Å². The fourth-order valence-electron chi connectivity index (χ4n) is 2.58. The van der Waals surface area contributed by atoms with Gasteiger partial charge in [0.15, 0.2) is 0 Å². The van der Waals surface area contributed by atoms with Crippen molar-refractivity contribution in [3.05, 3.63) is 29.8 Å². The highest BCUT2D eigenvalue weighted by Gasteiger charge is 2.39. The summed E-state index contributed by atoms with van der Waals surface area (Å²) in [5.41, 5.74) is 0.352. The fourth-order valence-corrected chi connectivity index (χ4v) is 3.51. The van der Waals surface area contributed by atoms with Gasteiger partial charge in [-0.3, -0.25) is 9.59 Å². The van der Waals surface area contributed by atoms with Gasteiger partial charge in [0, 0.05) is 18.0 Å². The normalized spacial score (nSPS) is 22.1. The molecule has 4 nitrogen and oxygen atoms in total. The third-order valence-corrected chi connectivity index (χ3v) is 5.17. The summed E-state index contributed by atoms with van der Waals surface area (Å²) in [6, 6.07) is 7.96. The van der Waals surface area contributed by atoms with Crippen LogP contribution in [-0.2, 0) is 9.59 Å². The second kappa shape index (κ2) is 6.52. The Morgan fingerprint density at radius 2 is 2.10 bits per heavy atom. The number of carboxylic acid groups (broad SMARTS) is 1. The molecule has 1 fully saturated rings. The van der Waals surface area contributed by atoms with Gasteiger partial charge in [0.25, 0.3) is 0 Å². The average Bonchev–Trinajstić information content (AvgIpc) is 2.46. The zero-order chi connectivity index (χ0) is 15.5. The fraction of sp³-hybridized carbons (Fsp3) is 0.500. The molecule has 1 aliphatic rings. The minimum Gasteiger partial charge on any atom is -0.481 e. The van der Waals surface area contributed by atoms with Gasteiger partial charge < -0.3 is 10.0 Å². The zero-order valence-corrected chi connectivity index (χ0v) is 13.3. The molecular formula is C16H21NO3S. The molecule has 0 aromatic heterocycles. The first-order chi connectivity index (χ1) is 9.92. The van der Waals surface area contributed by atoms with E-state index >= 15 is 0 Å². The minimum atomic E-state index is -0.813. The van der Waals surface area contributed by atoms with Gasteiger partial charge in [-0.05, 0) is 38.3 Å². The quantitative estimate of drug-likeness (QED) is 0.869. The highest BCUT2D eigenvalue weighted by molar-refractivity contribution is 8.00. The molecule has 0 aliphatic carbocycles. The predicted molar refractivity (Wildman–Crippen MR) is 83.5 cm³/mol. The summed E-state index contributed by atoms with van der Waals surface area (Å²) in [6.07, 6.45) is 1.39. The van der Waals surface area contributed by atoms with E-state index in [1.165, 1.54) is 11.8 Å². The molecule has 0 radical (unpaired) electrons. The largest absolute Gasteiger partial charge is 0.481 e. The van der Waals surface area contributed by atoms with Crippen LogP contribution in [0, 0.1) is 12.3 Å². The SMILES string of the molecule is Cc1ccccc1SCC(=O)N1CCCC(C)(C(=O)O)C1. The second-order valence-corrected chi connectivity index (χ2v) is 6.86. The van der Waals surface area contributed by atoms with E-state index in [1.807, 2.05) is 31.2 Å². The maximum Gasteiger partial charge on any atom is 0.311 e. The number of likely N-dealkylation sites (tertiary alicyclic amines) is 1. The third kappa shape index (κ3) is 3.79. The summed E-state index contributed by atoms with van der Waals surface area (Å²) in [4.78, 5) is 26.4. The molecule has 1 amide bonds. The van der Waals surface area contributed by atoms with Gasteiger partial charge in [-0.15, -0.1) is 11.8 Å². The lowest BCUT2D eigenvalue weighted by molar-refractivity contribution is -0.153. The maximum absolute atomic E-state index is 12.3. The molecule has 0 bridgehead atoms. The summed E-state index contributed by atoms with van der Waals surface area (Å²) < 4.78 is 0. The van der Waals surface area contributed by atoms with Crippen molar-refractivity contribution in [2.24, 2.45) is 5.41 Å². The van der Waals surface area contributed by atoms with Gasteiger partial charge in [-0.25, -0.2) is 0 Å². The van der Waals surface area contributed by atoms with Crippen molar-refractivity contribution in [3.63, 3.8) is 0 Å². The molecule has 21 heavy (non-hydrogen) atoms. The minimum absolute atomic E-state index is 0.0235. The van der Waals surface area contributed by atoms with Crippen LogP contribution in [0.5, 0.6) is 0 Å². The summed E-state index contributed by atoms with van der Waals surface area (Å²) in [6.45, 7) is 4.73. The van der Waals surface area contributed by atoms with E-state index in [0.29, 0.717) is 25.3 Å². The van der Waals surface area contributed by atoms with Crippen LogP contribution in [-0.4, -0.2) is 40.7 Å². The van der Waals surface area contributed by atoms with Crippen LogP contribution in [0.4, 0.5) is 0 Å². The van der Waals surface area contributed by atoms with Crippen molar-refractivity contribution < 1.29 is 14.7 Å². The van der Waals surface area contributed by atoms with E-state index in [9.17, 15) is 14.7 Å². The Kier molecular flexibility index (Phi) is 4.93. The van der Waals surface area contributed by atoms with E-state index in [-0.39, 0.29) is 5.91 Å². The number of aryl methyl sites for hydroxylation is 1. The summed E-state index contributed by atoms with van der Waals surface area (Å²) in [5, 5.41) is 9.30. The van der Waals surface area contributed by atoms with Crippen LogP contribution in [0.1, 0.15) is 25.3 Å². The van der Waals surface area contributed by atoms with Gasteiger partial charge in [-0.2, -0.15) is 0 Å². The predicted octanol–water partition coefficient (Wildman–Crippen LogP) is 2.80. The standard InChI is InChI=1S/C16H21NO3S/c1-12-6-3-4-7-13(12)21-10-14(18)17-9-5-8-16(2,11-17)15(19)20/h3-4,6-7H,5,8-11H2,1-2H3,(H,19,20). The number of hydrogen-bond donors (Lipinski definition) is 1. The van der Waals surface area contributed by atoms with E-state index in [2.05, 4.69) is 0 Å². The lowest BCUT2D eigenvalue weighted by atomic mass is 9.82.